The zero-order valence-corrected chi connectivity index (χ0v) is 11.6. The maximum absolute atomic E-state index is 12.2. The molecule has 2 heteroatoms. The first-order chi connectivity index (χ1) is 6.36. The summed E-state index contributed by atoms with van der Waals surface area (Å²) in [6.45, 7) is 17.0. The second-order valence-corrected chi connectivity index (χ2v) is 7.07. The third kappa shape index (κ3) is 5.31. The number of Topliss-reactive ketones (excluding diaryl/α,β-unsaturated/α-hetero) is 1. The number of rotatable bonds is 3. The van der Waals surface area contributed by atoms with Crippen LogP contribution in [0.25, 0.3) is 0 Å². The second-order valence-electron chi connectivity index (χ2n) is 7.07. The predicted octanol–water partition coefficient (Wildman–Crippen LogP) is 3.02. The van der Waals surface area contributed by atoms with E-state index in [-0.39, 0.29) is 16.4 Å². The Morgan fingerprint density at radius 3 is 1.60 bits per heavy atom. The summed E-state index contributed by atoms with van der Waals surface area (Å²) in [5.41, 5.74) is -0.496. The lowest BCUT2D eigenvalue weighted by atomic mass is 9.74. The number of carbonyl (C=O) groups excluding carboxylic acids is 1. The zero-order chi connectivity index (χ0) is 12.5. The van der Waals surface area contributed by atoms with Crippen LogP contribution in [0.3, 0.4) is 0 Å². The van der Waals surface area contributed by atoms with E-state index < -0.39 is 0 Å². The van der Waals surface area contributed by atoms with Gasteiger partial charge in [-0.3, -0.25) is 4.79 Å². The minimum Gasteiger partial charge on any atom is -0.311 e. The van der Waals surface area contributed by atoms with Crippen molar-refractivity contribution in [1.29, 1.82) is 0 Å². The molecule has 0 radical (unpaired) electrons. The highest BCUT2D eigenvalue weighted by molar-refractivity contribution is 5.88. The van der Waals surface area contributed by atoms with Gasteiger partial charge < -0.3 is 5.32 Å². The molecular weight excluding hydrogens is 186 g/mol. The number of ketones is 1. The average molecular weight is 213 g/mol. The van der Waals surface area contributed by atoms with Gasteiger partial charge in [0.2, 0.25) is 0 Å². The highest BCUT2D eigenvalue weighted by atomic mass is 16.1. The fraction of sp³-hybridized carbons (Fsp3) is 0.923. The van der Waals surface area contributed by atoms with E-state index in [0.717, 1.165) is 6.54 Å². The number of carbonyl (C=O) groups is 1. The van der Waals surface area contributed by atoms with Crippen LogP contribution in [0.4, 0.5) is 0 Å². The summed E-state index contributed by atoms with van der Waals surface area (Å²) in [4.78, 5) is 12.2. The molecule has 0 saturated carbocycles. The average Bonchev–Trinajstić information content (AvgIpc) is 1.97. The van der Waals surface area contributed by atoms with Crippen molar-refractivity contribution >= 4 is 5.78 Å². The number of hydrogen-bond acceptors (Lipinski definition) is 2. The van der Waals surface area contributed by atoms with Crippen molar-refractivity contribution in [1.82, 2.24) is 5.32 Å². The molecule has 0 saturated heterocycles. The standard InChI is InChI=1S/C13H27NO/c1-11(2,3)10(15)13(7,8)9-14-12(4,5)6/h14H,9H2,1-8H3. The summed E-state index contributed by atoms with van der Waals surface area (Å²) in [5, 5.41) is 3.39. The van der Waals surface area contributed by atoms with Gasteiger partial charge in [-0.25, -0.2) is 0 Å². The molecule has 0 amide bonds. The lowest BCUT2D eigenvalue weighted by molar-refractivity contribution is -0.134. The molecule has 15 heavy (non-hydrogen) atoms. The van der Waals surface area contributed by atoms with E-state index in [1.807, 2.05) is 34.6 Å². The van der Waals surface area contributed by atoms with Gasteiger partial charge in [0.25, 0.3) is 0 Å². The highest BCUT2D eigenvalue weighted by Gasteiger charge is 2.36. The smallest absolute Gasteiger partial charge is 0.145 e. The predicted molar refractivity (Wildman–Crippen MR) is 66.0 cm³/mol. The topological polar surface area (TPSA) is 29.1 Å². The molecule has 0 aromatic carbocycles. The lowest BCUT2D eigenvalue weighted by Gasteiger charge is -2.33. The van der Waals surface area contributed by atoms with Gasteiger partial charge in [-0.1, -0.05) is 34.6 Å². The Balaban J connectivity index is 4.50. The number of hydrogen-bond donors (Lipinski definition) is 1. The van der Waals surface area contributed by atoms with Crippen LogP contribution in [0.2, 0.25) is 0 Å². The Morgan fingerprint density at radius 2 is 1.33 bits per heavy atom. The van der Waals surface area contributed by atoms with Crippen molar-refractivity contribution in [3.63, 3.8) is 0 Å². The molecule has 0 rings (SSSR count). The molecule has 0 aliphatic carbocycles. The van der Waals surface area contributed by atoms with Crippen LogP contribution in [0, 0.1) is 10.8 Å². The van der Waals surface area contributed by atoms with E-state index >= 15 is 0 Å². The molecule has 0 heterocycles. The van der Waals surface area contributed by atoms with Gasteiger partial charge >= 0.3 is 0 Å². The van der Waals surface area contributed by atoms with Gasteiger partial charge in [-0.05, 0) is 20.8 Å². The van der Waals surface area contributed by atoms with Crippen molar-refractivity contribution in [2.24, 2.45) is 10.8 Å². The SMILES string of the molecule is CC(C)(C)NCC(C)(C)C(=O)C(C)(C)C. The van der Waals surface area contributed by atoms with E-state index in [9.17, 15) is 4.79 Å². The van der Waals surface area contributed by atoms with Crippen LogP contribution >= 0.6 is 0 Å². The van der Waals surface area contributed by atoms with Gasteiger partial charge in [0.15, 0.2) is 0 Å². The van der Waals surface area contributed by atoms with E-state index in [4.69, 9.17) is 0 Å². The Morgan fingerprint density at radius 1 is 0.933 bits per heavy atom. The molecule has 0 fully saturated rings. The van der Waals surface area contributed by atoms with Gasteiger partial charge in [0.1, 0.15) is 5.78 Å². The molecule has 2 nitrogen and oxygen atoms in total. The second kappa shape index (κ2) is 4.25. The first kappa shape index (κ1) is 14.6. The molecule has 1 N–H and O–H groups in total. The summed E-state index contributed by atoms with van der Waals surface area (Å²) in [6.07, 6.45) is 0. The van der Waals surface area contributed by atoms with E-state index in [0.29, 0.717) is 5.78 Å². The van der Waals surface area contributed by atoms with Crippen LogP contribution in [-0.4, -0.2) is 17.9 Å². The van der Waals surface area contributed by atoms with Gasteiger partial charge in [-0.15, -0.1) is 0 Å². The van der Waals surface area contributed by atoms with Gasteiger partial charge in [0.05, 0.1) is 0 Å². The van der Waals surface area contributed by atoms with E-state index in [2.05, 4.69) is 26.1 Å². The van der Waals surface area contributed by atoms with Crippen LogP contribution in [0.15, 0.2) is 0 Å². The van der Waals surface area contributed by atoms with Gasteiger partial charge in [0, 0.05) is 22.9 Å². The third-order valence-corrected chi connectivity index (χ3v) is 2.36. The van der Waals surface area contributed by atoms with Crippen LogP contribution in [0.1, 0.15) is 55.4 Å². The maximum atomic E-state index is 12.2. The Bertz CT molecular complexity index is 228. The fourth-order valence-electron chi connectivity index (χ4n) is 1.58. The minimum absolute atomic E-state index is 0.0649. The fourth-order valence-corrected chi connectivity index (χ4v) is 1.58. The normalized spacial score (nSPS) is 14.1. The Labute approximate surface area is 94.8 Å². The van der Waals surface area contributed by atoms with Crippen molar-refractivity contribution in [2.75, 3.05) is 6.54 Å². The highest BCUT2D eigenvalue weighted by Crippen LogP contribution is 2.28. The van der Waals surface area contributed by atoms with Crippen molar-refractivity contribution in [3.05, 3.63) is 0 Å². The maximum Gasteiger partial charge on any atom is 0.145 e. The Hall–Kier alpha value is -0.370. The molecular formula is C13H27NO. The first-order valence-corrected chi connectivity index (χ1v) is 5.66. The molecule has 0 bridgehead atoms. The van der Waals surface area contributed by atoms with Crippen LogP contribution in [0.5, 0.6) is 0 Å². The molecule has 0 atom stereocenters. The van der Waals surface area contributed by atoms with E-state index in [1.165, 1.54) is 0 Å². The summed E-state index contributed by atoms with van der Waals surface area (Å²) >= 11 is 0. The monoisotopic (exact) mass is 213 g/mol. The lowest BCUT2D eigenvalue weighted by Crippen LogP contribution is -2.47. The van der Waals surface area contributed by atoms with Crippen molar-refractivity contribution in [2.45, 2.75) is 60.9 Å². The minimum atomic E-state index is -0.300. The summed E-state index contributed by atoms with van der Waals surface area (Å²) in [5.74, 6) is 0.312. The zero-order valence-electron chi connectivity index (χ0n) is 11.6. The first-order valence-electron chi connectivity index (χ1n) is 5.66. The quantitative estimate of drug-likeness (QED) is 0.781. The summed E-state index contributed by atoms with van der Waals surface area (Å²) in [6, 6.07) is 0. The van der Waals surface area contributed by atoms with E-state index in [1.54, 1.807) is 0 Å². The molecule has 0 spiro atoms. The third-order valence-electron chi connectivity index (χ3n) is 2.36. The van der Waals surface area contributed by atoms with Crippen LogP contribution < -0.4 is 5.32 Å². The Kier molecular flexibility index (Phi) is 4.14. The summed E-state index contributed by atoms with van der Waals surface area (Å²) < 4.78 is 0. The molecule has 0 unspecified atom stereocenters. The van der Waals surface area contributed by atoms with Crippen molar-refractivity contribution in [3.8, 4) is 0 Å². The largest absolute Gasteiger partial charge is 0.311 e. The summed E-state index contributed by atoms with van der Waals surface area (Å²) in [7, 11) is 0. The van der Waals surface area contributed by atoms with Crippen LogP contribution in [-0.2, 0) is 4.79 Å². The molecule has 0 aromatic heterocycles. The molecule has 0 aromatic rings. The molecule has 90 valence electrons. The van der Waals surface area contributed by atoms with Crippen molar-refractivity contribution < 1.29 is 4.79 Å². The molecule has 0 aliphatic rings. The van der Waals surface area contributed by atoms with Gasteiger partial charge in [-0.2, -0.15) is 0 Å². The number of nitrogens with one attached hydrogen (secondary N) is 1. The molecule has 0 aliphatic heterocycles.